The van der Waals surface area contributed by atoms with Gasteiger partial charge in [-0.2, -0.15) is 0 Å². The first-order valence-electron chi connectivity index (χ1n) is 9.49. The molecule has 29 heavy (non-hydrogen) atoms. The van der Waals surface area contributed by atoms with Crippen molar-refractivity contribution in [2.24, 2.45) is 0 Å². The first kappa shape index (κ1) is 20.9. The monoisotopic (exact) mass is 415 g/mol. The van der Waals surface area contributed by atoms with Crippen molar-refractivity contribution in [3.8, 4) is 11.5 Å². The van der Waals surface area contributed by atoms with Gasteiger partial charge in [0, 0.05) is 17.5 Å². The number of nitrogens with zero attached hydrogens (tertiary/aromatic N) is 1. The maximum atomic E-state index is 13.0. The van der Waals surface area contributed by atoms with Crippen LogP contribution in [-0.2, 0) is 9.59 Å². The summed E-state index contributed by atoms with van der Waals surface area (Å²) < 4.78 is 10.6. The molecule has 6 nitrogen and oxygen atoms in total. The fourth-order valence-corrected chi connectivity index (χ4v) is 4.56. The van der Waals surface area contributed by atoms with Gasteiger partial charge < -0.3 is 19.5 Å². The molecule has 1 aromatic carbocycles. The number of ether oxygens (including phenoxy) is 2. The van der Waals surface area contributed by atoms with E-state index in [1.807, 2.05) is 25.3 Å². The highest BCUT2D eigenvalue weighted by Crippen LogP contribution is 2.44. The standard InChI is InChI=1S/C22H25NO5S/c1-5-6-10-23-18(21-13(2)9-11-29-21)17(20(25)22(23)26)19(24)15-8-7-14(27-3)12-16(15)28-4/h7-9,11-12,18,24H,5-6,10H2,1-4H3/b19-17+. The average Bonchev–Trinajstić information content (AvgIpc) is 3.26. The van der Waals surface area contributed by atoms with Crippen LogP contribution in [0.15, 0.2) is 35.2 Å². The van der Waals surface area contributed by atoms with Gasteiger partial charge in [0.25, 0.3) is 11.7 Å². The highest BCUT2D eigenvalue weighted by molar-refractivity contribution is 7.10. The minimum Gasteiger partial charge on any atom is -0.507 e. The molecule has 3 rings (SSSR count). The Morgan fingerprint density at radius 2 is 1.97 bits per heavy atom. The van der Waals surface area contributed by atoms with E-state index in [2.05, 4.69) is 0 Å². The summed E-state index contributed by atoms with van der Waals surface area (Å²) in [5.41, 5.74) is 1.43. The average molecular weight is 416 g/mol. The van der Waals surface area contributed by atoms with Crippen molar-refractivity contribution in [2.75, 3.05) is 20.8 Å². The number of carbonyl (C=O) groups is 2. The lowest BCUT2D eigenvalue weighted by atomic mass is 9.98. The summed E-state index contributed by atoms with van der Waals surface area (Å²) in [6, 6.07) is 6.29. The fourth-order valence-electron chi connectivity index (χ4n) is 3.52. The van der Waals surface area contributed by atoms with E-state index in [-0.39, 0.29) is 11.3 Å². The first-order chi connectivity index (χ1) is 13.9. The summed E-state index contributed by atoms with van der Waals surface area (Å²) in [4.78, 5) is 28.2. The molecular weight excluding hydrogens is 390 g/mol. The van der Waals surface area contributed by atoms with Crippen LogP contribution in [0.4, 0.5) is 0 Å². The van der Waals surface area contributed by atoms with Gasteiger partial charge in [-0.3, -0.25) is 9.59 Å². The number of amides is 1. The van der Waals surface area contributed by atoms with Crippen LogP contribution >= 0.6 is 11.3 Å². The van der Waals surface area contributed by atoms with E-state index in [9.17, 15) is 14.7 Å². The number of benzene rings is 1. The predicted molar refractivity (Wildman–Crippen MR) is 113 cm³/mol. The van der Waals surface area contributed by atoms with Gasteiger partial charge in [0.1, 0.15) is 17.3 Å². The molecule has 2 heterocycles. The lowest BCUT2D eigenvalue weighted by Crippen LogP contribution is -2.30. The maximum Gasteiger partial charge on any atom is 0.295 e. The largest absolute Gasteiger partial charge is 0.507 e. The van der Waals surface area contributed by atoms with Crippen molar-refractivity contribution in [1.29, 1.82) is 0 Å². The fraction of sp³-hybridized carbons (Fsp3) is 0.364. The highest BCUT2D eigenvalue weighted by atomic mass is 32.1. The Morgan fingerprint density at radius 3 is 2.55 bits per heavy atom. The number of ketones is 1. The van der Waals surface area contributed by atoms with E-state index < -0.39 is 17.7 Å². The van der Waals surface area contributed by atoms with Crippen LogP contribution in [0.3, 0.4) is 0 Å². The van der Waals surface area contributed by atoms with Gasteiger partial charge in [0.15, 0.2) is 0 Å². The van der Waals surface area contributed by atoms with E-state index in [4.69, 9.17) is 9.47 Å². The molecular formula is C22H25NO5S. The topological polar surface area (TPSA) is 76.1 Å². The van der Waals surface area contributed by atoms with Crippen LogP contribution in [0.5, 0.6) is 11.5 Å². The number of carbonyl (C=O) groups excluding carboxylic acids is 2. The Kier molecular flexibility index (Phi) is 6.27. The van der Waals surface area contributed by atoms with E-state index in [0.717, 1.165) is 23.3 Å². The van der Waals surface area contributed by atoms with Gasteiger partial charge in [0.2, 0.25) is 0 Å². The van der Waals surface area contributed by atoms with E-state index >= 15 is 0 Å². The van der Waals surface area contributed by atoms with Gasteiger partial charge in [-0.15, -0.1) is 11.3 Å². The van der Waals surface area contributed by atoms with Gasteiger partial charge in [0.05, 0.1) is 31.4 Å². The highest BCUT2D eigenvalue weighted by Gasteiger charge is 2.46. The van der Waals surface area contributed by atoms with E-state index in [1.54, 1.807) is 23.1 Å². The molecule has 7 heteroatoms. The zero-order valence-corrected chi connectivity index (χ0v) is 17.8. The van der Waals surface area contributed by atoms with Gasteiger partial charge in [-0.1, -0.05) is 13.3 Å². The van der Waals surface area contributed by atoms with Crippen molar-refractivity contribution in [3.63, 3.8) is 0 Å². The van der Waals surface area contributed by atoms with E-state index in [0.29, 0.717) is 23.6 Å². The molecule has 1 amide bonds. The Bertz CT molecular complexity index is 962. The summed E-state index contributed by atoms with van der Waals surface area (Å²) in [6.45, 7) is 4.43. The molecule has 1 aliphatic heterocycles. The number of aryl methyl sites for hydroxylation is 1. The number of methoxy groups -OCH3 is 2. The molecule has 1 fully saturated rings. The van der Waals surface area contributed by atoms with Gasteiger partial charge >= 0.3 is 0 Å². The molecule has 2 aromatic rings. The number of hydrogen-bond donors (Lipinski definition) is 1. The summed E-state index contributed by atoms with van der Waals surface area (Å²) in [5, 5.41) is 13.1. The lowest BCUT2D eigenvalue weighted by Gasteiger charge is -2.24. The third-order valence-corrected chi connectivity index (χ3v) is 6.18. The minimum absolute atomic E-state index is 0.0973. The second-order valence-corrected chi connectivity index (χ2v) is 7.83. The van der Waals surface area contributed by atoms with Crippen molar-refractivity contribution < 1.29 is 24.2 Å². The number of hydrogen-bond acceptors (Lipinski definition) is 6. The third kappa shape index (κ3) is 3.74. The van der Waals surface area contributed by atoms with Crippen molar-refractivity contribution in [1.82, 2.24) is 4.90 Å². The number of unbranched alkanes of at least 4 members (excludes halogenated alkanes) is 1. The summed E-state index contributed by atoms with van der Waals surface area (Å²) >= 11 is 1.48. The molecule has 1 unspecified atom stereocenters. The van der Waals surface area contributed by atoms with Crippen LogP contribution in [0, 0.1) is 6.92 Å². The SMILES string of the molecule is CCCCN1C(=O)C(=O)/C(=C(/O)c2ccc(OC)cc2OC)C1c1sccc1C. The van der Waals surface area contributed by atoms with Crippen LogP contribution in [0.25, 0.3) is 5.76 Å². The summed E-state index contributed by atoms with van der Waals surface area (Å²) in [6.07, 6.45) is 1.67. The third-order valence-electron chi connectivity index (χ3n) is 5.11. The van der Waals surface area contributed by atoms with Gasteiger partial charge in [-0.25, -0.2) is 0 Å². The Balaban J connectivity index is 2.20. The van der Waals surface area contributed by atoms with Crippen LogP contribution < -0.4 is 9.47 Å². The second-order valence-electron chi connectivity index (χ2n) is 6.88. The number of likely N-dealkylation sites (tertiary alicyclic amines) is 1. The van der Waals surface area contributed by atoms with Crippen LogP contribution in [0.2, 0.25) is 0 Å². The number of thiophene rings is 1. The van der Waals surface area contributed by atoms with Crippen molar-refractivity contribution in [2.45, 2.75) is 32.7 Å². The molecule has 0 bridgehead atoms. The molecule has 0 saturated carbocycles. The zero-order chi connectivity index (χ0) is 21.1. The Labute approximate surface area is 174 Å². The molecule has 0 radical (unpaired) electrons. The molecule has 154 valence electrons. The normalized spacial score (nSPS) is 18.3. The van der Waals surface area contributed by atoms with Crippen LogP contribution in [-0.4, -0.2) is 42.5 Å². The molecule has 1 aromatic heterocycles. The van der Waals surface area contributed by atoms with E-state index in [1.165, 1.54) is 25.6 Å². The number of rotatable bonds is 7. The molecule has 0 aliphatic carbocycles. The maximum absolute atomic E-state index is 13.0. The smallest absolute Gasteiger partial charge is 0.295 e. The second kappa shape index (κ2) is 8.69. The quantitative estimate of drug-likeness (QED) is 0.415. The first-order valence-corrected chi connectivity index (χ1v) is 10.4. The minimum atomic E-state index is -0.672. The number of aliphatic hydroxyl groups excluding tert-OH is 1. The molecule has 1 saturated heterocycles. The van der Waals surface area contributed by atoms with Crippen LogP contribution in [0.1, 0.15) is 41.8 Å². The molecule has 1 N–H and O–H groups in total. The van der Waals surface area contributed by atoms with Crippen molar-refractivity contribution >= 4 is 28.8 Å². The molecule has 1 atom stereocenters. The molecule has 1 aliphatic rings. The lowest BCUT2D eigenvalue weighted by molar-refractivity contribution is -0.139. The Hall–Kier alpha value is -2.80. The van der Waals surface area contributed by atoms with Gasteiger partial charge in [-0.05, 0) is 42.5 Å². The number of aliphatic hydroxyl groups is 1. The molecule has 0 spiro atoms. The van der Waals surface area contributed by atoms with Crippen molar-refractivity contribution in [3.05, 3.63) is 51.2 Å². The predicted octanol–water partition coefficient (Wildman–Crippen LogP) is 4.30. The zero-order valence-electron chi connectivity index (χ0n) is 17.0. The Morgan fingerprint density at radius 1 is 1.21 bits per heavy atom. The summed E-state index contributed by atoms with van der Waals surface area (Å²) in [7, 11) is 3.01. The summed E-state index contributed by atoms with van der Waals surface area (Å²) in [5.74, 6) is -0.560. The number of Topliss-reactive ketones (excluding diaryl/α,β-unsaturated/α-hetero) is 1.